The van der Waals surface area contributed by atoms with E-state index in [-0.39, 0.29) is 5.75 Å². The molecule has 1 aromatic carbocycles. The summed E-state index contributed by atoms with van der Waals surface area (Å²) in [4.78, 5) is 20.5. The molecule has 1 amide bonds. The number of carboxylic acid groups (broad SMARTS) is 1. The van der Waals surface area contributed by atoms with Crippen LogP contribution in [0.2, 0.25) is 0 Å². The van der Waals surface area contributed by atoms with Crippen molar-refractivity contribution in [1.82, 2.24) is 0 Å². The summed E-state index contributed by atoms with van der Waals surface area (Å²) in [7, 11) is 0. The number of halogens is 1. The number of carbonyl (C=O) groups excluding carboxylic acids is 1. The van der Waals surface area contributed by atoms with Gasteiger partial charge in [-0.3, -0.25) is 5.32 Å². The summed E-state index contributed by atoms with van der Waals surface area (Å²) in [6.07, 6.45) is -1.16. The molecule has 0 aliphatic rings. The highest BCUT2D eigenvalue weighted by Crippen LogP contribution is 2.16. The van der Waals surface area contributed by atoms with E-state index in [0.717, 1.165) is 0 Å². The average molecular weight is 216 g/mol. The second kappa shape index (κ2) is 4.48. The number of hydrogen-bond acceptors (Lipinski definition) is 3. The Labute approximate surface area is 84.2 Å². The molecule has 5 nitrogen and oxygen atoms in total. The predicted molar refractivity (Wildman–Crippen MR) is 50.0 cm³/mol. The third-order valence-corrected chi connectivity index (χ3v) is 1.38. The maximum Gasteiger partial charge on any atom is 0.409 e. The standard InChI is InChI=1S/C8H6ClNO4/c9-7(11)14-6-3-1-5(2-4-6)10-8(12)13/h1-4,10H,(H,12,13). The molecule has 0 aliphatic heterocycles. The van der Waals surface area contributed by atoms with Crippen molar-refractivity contribution in [2.45, 2.75) is 0 Å². The topological polar surface area (TPSA) is 75.6 Å². The maximum atomic E-state index is 10.3. The van der Waals surface area contributed by atoms with E-state index in [2.05, 4.69) is 10.1 Å². The Morgan fingerprint density at radius 1 is 1.29 bits per heavy atom. The van der Waals surface area contributed by atoms with Crippen LogP contribution >= 0.6 is 11.6 Å². The molecule has 2 N–H and O–H groups in total. The van der Waals surface area contributed by atoms with Crippen LogP contribution in [0.15, 0.2) is 24.3 Å². The molecule has 0 saturated heterocycles. The first kappa shape index (κ1) is 10.3. The minimum absolute atomic E-state index is 0.251. The molecule has 6 heteroatoms. The molecule has 14 heavy (non-hydrogen) atoms. The van der Waals surface area contributed by atoms with E-state index >= 15 is 0 Å². The van der Waals surface area contributed by atoms with E-state index in [9.17, 15) is 9.59 Å². The zero-order valence-electron chi connectivity index (χ0n) is 6.86. The third kappa shape index (κ3) is 3.32. The zero-order valence-corrected chi connectivity index (χ0v) is 7.62. The molecular weight excluding hydrogens is 210 g/mol. The quantitative estimate of drug-likeness (QED) is 0.744. The van der Waals surface area contributed by atoms with Gasteiger partial charge in [0.05, 0.1) is 0 Å². The summed E-state index contributed by atoms with van der Waals surface area (Å²) in [5.41, 5.74) is -0.559. The molecule has 1 rings (SSSR count). The fourth-order valence-electron chi connectivity index (χ4n) is 0.822. The van der Waals surface area contributed by atoms with Crippen molar-refractivity contribution in [2.75, 3.05) is 5.32 Å². The normalized spacial score (nSPS) is 9.21. The van der Waals surface area contributed by atoms with E-state index in [1.807, 2.05) is 0 Å². The van der Waals surface area contributed by atoms with Crippen LogP contribution in [0.5, 0.6) is 5.75 Å². The first-order chi connectivity index (χ1) is 6.58. The molecule has 0 radical (unpaired) electrons. The lowest BCUT2D eigenvalue weighted by molar-refractivity contribution is 0.209. The van der Waals surface area contributed by atoms with Crippen LogP contribution in [-0.4, -0.2) is 16.6 Å². The van der Waals surface area contributed by atoms with Gasteiger partial charge in [0.2, 0.25) is 0 Å². The lowest BCUT2D eigenvalue weighted by Crippen LogP contribution is -2.06. The summed E-state index contributed by atoms with van der Waals surface area (Å²) < 4.78 is 4.53. The SMILES string of the molecule is O=C(O)Nc1ccc(OC(=O)Cl)cc1. The molecule has 0 spiro atoms. The Bertz CT molecular complexity index is 314. The second-order valence-electron chi connectivity index (χ2n) is 2.29. The molecule has 1 aromatic rings. The van der Waals surface area contributed by atoms with Crippen molar-refractivity contribution in [1.29, 1.82) is 0 Å². The summed E-state index contributed by atoms with van der Waals surface area (Å²) in [5.74, 6) is 0.251. The van der Waals surface area contributed by atoms with Crippen LogP contribution in [0.1, 0.15) is 0 Å². The highest BCUT2D eigenvalue weighted by atomic mass is 35.5. The zero-order chi connectivity index (χ0) is 10.6. The van der Waals surface area contributed by atoms with Gasteiger partial charge in [-0.25, -0.2) is 9.59 Å². The number of ether oxygens (including phenoxy) is 1. The van der Waals surface area contributed by atoms with Gasteiger partial charge in [0.15, 0.2) is 0 Å². The van der Waals surface area contributed by atoms with E-state index in [0.29, 0.717) is 5.69 Å². The van der Waals surface area contributed by atoms with Gasteiger partial charge in [-0.15, -0.1) is 0 Å². The number of hydrogen-bond donors (Lipinski definition) is 2. The van der Waals surface area contributed by atoms with Crippen LogP contribution in [0, 0.1) is 0 Å². The van der Waals surface area contributed by atoms with Gasteiger partial charge in [0, 0.05) is 17.3 Å². The largest absolute Gasteiger partial charge is 0.465 e. The smallest absolute Gasteiger partial charge is 0.409 e. The minimum atomic E-state index is -1.16. The summed E-state index contributed by atoms with van der Waals surface area (Å²) in [6.45, 7) is 0. The molecule has 0 unspecified atom stereocenters. The van der Waals surface area contributed by atoms with Gasteiger partial charge in [-0.2, -0.15) is 0 Å². The highest BCUT2D eigenvalue weighted by molar-refractivity contribution is 6.61. The van der Waals surface area contributed by atoms with Crippen LogP contribution in [0.4, 0.5) is 15.3 Å². The molecular formula is C8H6ClNO4. The monoisotopic (exact) mass is 215 g/mol. The van der Waals surface area contributed by atoms with Crippen LogP contribution in [-0.2, 0) is 0 Å². The van der Waals surface area contributed by atoms with E-state index < -0.39 is 11.5 Å². The highest BCUT2D eigenvalue weighted by Gasteiger charge is 2.01. The lowest BCUT2D eigenvalue weighted by atomic mass is 10.3. The Morgan fingerprint density at radius 3 is 2.29 bits per heavy atom. The number of benzene rings is 1. The molecule has 0 aliphatic carbocycles. The fraction of sp³-hybridized carbons (Fsp3) is 0. The number of carbonyl (C=O) groups is 2. The number of rotatable bonds is 2. The molecule has 0 saturated carbocycles. The van der Waals surface area contributed by atoms with E-state index in [1.165, 1.54) is 24.3 Å². The van der Waals surface area contributed by atoms with Gasteiger partial charge < -0.3 is 9.84 Å². The minimum Gasteiger partial charge on any atom is -0.465 e. The average Bonchev–Trinajstić information content (AvgIpc) is 2.06. The lowest BCUT2D eigenvalue weighted by Gasteiger charge is -2.02. The van der Waals surface area contributed by atoms with Gasteiger partial charge >= 0.3 is 11.5 Å². The van der Waals surface area contributed by atoms with Crippen molar-refractivity contribution in [3.8, 4) is 5.75 Å². The molecule has 0 aromatic heterocycles. The Morgan fingerprint density at radius 2 is 1.86 bits per heavy atom. The van der Waals surface area contributed by atoms with Crippen molar-refractivity contribution in [3.05, 3.63) is 24.3 Å². The van der Waals surface area contributed by atoms with Crippen LogP contribution in [0.25, 0.3) is 0 Å². The fourth-order valence-corrected chi connectivity index (χ4v) is 0.912. The summed E-state index contributed by atoms with van der Waals surface area (Å²) >= 11 is 4.97. The van der Waals surface area contributed by atoms with Crippen molar-refractivity contribution < 1.29 is 19.4 Å². The Kier molecular flexibility index (Phi) is 3.30. The first-order valence-electron chi connectivity index (χ1n) is 3.55. The van der Waals surface area contributed by atoms with Crippen molar-refractivity contribution >= 4 is 28.8 Å². The predicted octanol–water partition coefficient (Wildman–Crippen LogP) is 2.51. The van der Waals surface area contributed by atoms with Crippen LogP contribution in [0.3, 0.4) is 0 Å². The summed E-state index contributed by atoms with van der Waals surface area (Å²) in [6, 6.07) is 5.74. The maximum absolute atomic E-state index is 10.3. The van der Waals surface area contributed by atoms with Crippen molar-refractivity contribution in [3.63, 3.8) is 0 Å². The second-order valence-corrected chi connectivity index (χ2v) is 2.60. The van der Waals surface area contributed by atoms with Gasteiger partial charge in [-0.1, -0.05) is 0 Å². The van der Waals surface area contributed by atoms with Gasteiger partial charge in [0.25, 0.3) is 0 Å². The first-order valence-corrected chi connectivity index (χ1v) is 3.93. The molecule has 0 heterocycles. The van der Waals surface area contributed by atoms with Gasteiger partial charge in [-0.05, 0) is 24.3 Å². The third-order valence-electron chi connectivity index (χ3n) is 1.30. The number of nitrogens with one attached hydrogen (secondary N) is 1. The molecule has 0 atom stereocenters. The molecule has 0 bridgehead atoms. The number of anilines is 1. The van der Waals surface area contributed by atoms with E-state index in [1.54, 1.807) is 0 Å². The van der Waals surface area contributed by atoms with Gasteiger partial charge in [0.1, 0.15) is 5.75 Å². The number of amides is 1. The molecule has 74 valence electrons. The van der Waals surface area contributed by atoms with E-state index in [4.69, 9.17) is 16.7 Å². The Balaban J connectivity index is 2.68. The van der Waals surface area contributed by atoms with Crippen molar-refractivity contribution in [2.24, 2.45) is 0 Å². The van der Waals surface area contributed by atoms with Crippen LogP contribution < -0.4 is 10.1 Å². The molecule has 0 fully saturated rings. The Hall–Kier alpha value is -1.75. The summed E-state index contributed by atoms with van der Waals surface area (Å²) in [5, 5.41) is 10.5.